The van der Waals surface area contributed by atoms with Gasteiger partial charge in [-0.05, 0) is 24.6 Å². The molecule has 0 saturated heterocycles. The zero-order valence-corrected chi connectivity index (χ0v) is 11.8. The summed E-state index contributed by atoms with van der Waals surface area (Å²) < 4.78 is 36.9. The molecule has 1 heterocycles. The number of nitrogens with zero attached hydrogens (tertiary/aromatic N) is 2. The van der Waals surface area contributed by atoms with Crippen molar-refractivity contribution in [3.05, 3.63) is 42.0 Å². The minimum atomic E-state index is -2.64. The smallest absolute Gasteiger partial charge is 0.320 e. The molecule has 5 nitrogen and oxygen atoms in total. The van der Waals surface area contributed by atoms with Gasteiger partial charge in [-0.1, -0.05) is 6.07 Å². The molecule has 0 saturated carbocycles. The summed E-state index contributed by atoms with van der Waals surface area (Å²) in [6.45, 7) is -0.867. The van der Waals surface area contributed by atoms with Crippen LogP contribution in [-0.4, -0.2) is 16.7 Å². The molecule has 0 radical (unpaired) electrons. The highest BCUT2D eigenvalue weighted by Gasteiger charge is 2.13. The van der Waals surface area contributed by atoms with Crippen molar-refractivity contribution in [1.82, 2.24) is 9.55 Å². The van der Waals surface area contributed by atoms with E-state index in [1.54, 1.807) is 12.1 Å². The number of imidazole rings is 1. The Balaban J connectivity index is 2.14. The van der Waals surface area contributed by atoms with Crippen LogP contribution in [0, 0.1) is 0 Å². The number of halogens is 2. The van der Waals surface area contributed by atoms with Crippen molar-refractivity contribution < 1.29 is 18.3 Å². The fourth-order valence-corrected chi connectivity index (χ4v) is 1.86. The first-order valence-electron chi connectivity index (χ1n) is 6.39. The van der Waals surface area contributed by atoms with Gasteiger partial charge in [-0.25, -0.2) is 4.98 Å². The Morgan fingerprint density at radius 1 is 1.33 bits per heavy atom. The van der Waals surface area contributed by atoms with Crippen LogP contribution in [0.4, 0.5) is 8.78 Å². The maximum Gasteiger partial charge on any atom is 0.320 e. The van der Waals surface area contributed by atoms with E-state index in [-0.39, 0.29) is 18.5 Å². The van der Waals surface area contributed by atoms with Crippen molar-refractivity contribution in [2.24, 2.45) is 5.73 Å². The Labute approximate surface area is 121 Å². The molecule has 0 aliphatic rings. The normalized spacial score (nSPS) is 12.5. The molecule has 2 rings (SSSR count). The Kier molecular flexibility index (Phi) is 4.74. The Morgan fingerprint density at radius 3 is 2.71 bits per heavy atom. The fourth-order valence-electron chi connectivity index (χ4n) is 1.86. The molecule has 0 unspecified atom stereocenters. The lowest BCUT2D eigenvalue weighted by Crippen LogP contribution is -2.08. The molecule has 7 heteroatoms. The Hall–Kier alpha value is -2.15. The van der Waals surface area contributed by atoms with Gasteiger partial charge in [0.05, 0.1) is 7.11 Å². The first-order valence-corrected chi connectivity index (χ1v) is 6.39. The number of rotatable bonds is 6. The van der Waals surface area contributed by atoms with Crippen molar-refractivity contribution in [3.63, 3.8) is 0 Å². The van der Waals surface area contributed by atoms with Crippen molar-refractivity contribution in [1.29, 1.82) is 0 Å². The highest BCUT2D eigenvalue weighted by molar-refractivity contribution is 5.43. The standard InChI is InChI=1S/C14H17F2N3O2/c1-9(17)10-3-4-11(12(7-10)20-2)21-8-13-18-5-6-19(13)14(15)16/h3-7,9,14H,8,17H2,1-2H3/t9-/m1/s1. The van der Waals surface area contributed by atoms with E-state index < -0.39 is 6.55 Å². The molecular formula is C14H17F2N3O2. The number of hydrogen-bond acceptors (Lipinski definition) is 4. The summed E-state index contributed by atoms with van der Waals surface area (Å²) in [6, 6.07) is 5.14. The molecule has 114 valence electrons. The molecule has 2 N–H and O–H groups in total. The lowest BCUT2D eigenvalue weighted by atomic mass is 10.1. The SMILES string of the molecule is COc1cc([C@@H](C)N)ccc1OCc1nccn1C(F)F. The van der Waals surface area contributed by atoms with Gasteiger partial charge in [0.15, 0.2) is 17.3 Å². The third kappa shape index (κ3) is 3.49. The lowest BCUT2D eigenvalue weighted by Gasteiger charge is -2.14. The summed E-state index contributed by atoms with van der Waals surface area (Å²) >= 11 is 0. The van der Waals surface area contributed by atoms with Crippen molar-refractivity contribution in [3.8, 4) is 11.5 Å². The van der Waals surface area contributed by atoms with Gasteiger partial charge in [0.2, 0.25) is 0 Å². The van der Waals surface area contributed by atoms with Gasteiger partial charge in [0, 0.05) is 18.4 Å². The van der Waals surface area contributed by atoms with Crippen LogP contribution in [0.5, 0.6) is 11.5 Å². The van der Waals surface area contributed by atoms with Gasteiger partial charge < -0.3 is 15.2 Å². The minimum Gasteiger partial charge on any atom is -0.493 e. The predicted molar refractivity (Wildman–Crippen MR) is 73.4 cm³/mol. The maximum absolute atomic E-state index is 12.7. The Bertz CT molecular complexity index is 600. The molecule has 2 aromatic rings. The van der Waals surface area contributed by atoms with Crippen LogP contribution in [-0.2, 0) is 6.61 Å². The second kappa shape index (κ2) is 6.53. The van der Waals surface area contributed by atoms with E-state index in [4.69, 9.17) is 15.2 Å². The number of ether oxygens (including phenoxy) is 2. The molecule has 0 amide bonds. The maximum atomic E-state index is 12.7. The average Bonchev–Trinajstić information content (AvgIpc) is 2.93. The number of benzene rings is 1. The van der Waals surface area contributed by atoms with Gasteiger partial charge in [0.25, 0.3) is 0 Å². The number of aromatic nitrogens is 2. The summed E-state index contributed by atoms with van der Waals surface area (Å²) in [7, 11) is 1.51. The topological polar surface area (TPSA) is 62.3 Å². The second-order valence-electron chi connectivity index (χ2n) is 4.52. The lowest BCUT2D eigenvalue weighted by molar-refractivity contribution is 0.0631. The second-order valence-corrected chi connectivity index (χ2v) is 4.52. The van der Waals surface area contributed by atoms with E-state index in [1.165, 1.54) is 19.5 Å². The molecule has 0 bridgehead atoms. The molecule has 0 aliphatic carbocycles. The number of methoxy groups -OCH3 is 1. The van der Waals surface area contributed by atoms with Gasteiger partial charge in [0.1, 0.15) is 6.61 Å². The monoisotopic (exact) mass is 297 g/mol. The van der Waals surface area contributed by atoms with Crippen LogP contribution in [0.3, 0.4) is 0 Å². The number of alkyl halides is 2. The predicted octanol–water partition coefficient (Wildman–Crippen LogP) is 2.89. The zero-order chi connectivity index (χ0) is 15.4. The molecule has 21 heavy (non-hydrogen) atoms. The van der Waals surface area contributed by atoms with Crippen LogP contribution in [0.15, 0.2) is 30.6 Å². The zero-order valence-electron chi connectivity index (χ0n) is 11.8. The van der Waals surface area contributed by atoms with E-state index in [0.29, 0.717) is 11.5 Å². The van der Waals surface area contributed by atoms with Crippen molar-refractivity contribution >= 4 is 0 Å². The quantitative estimate of drug-likeness (QED) is 0.890. The molecule has 1 aromatic heterocycles. The first kappa shape index (κ1) is 15.2. The van der Waals surface area contributed by atoms with E-state index >= 15 is 0 Å². The summed E-state index contributed by atoms with van der Waals surface area (Å²) in [5.41, 5.74) is 6.70. The van der Waals surface area contributed by atoms with E-state index in [9.17, 15) is 8.78 Å². The molecule has 1 aromatic carbocycles. The molecular weight excluding hydrogens is 280 g/mol. The number of hydrogen-bond donors (Lipinski definition) is 1. The van der Waals surface area contributed by atoms with E-state index in [1.807, 2.05) is 13.0 Å². The van der Waals surface area contributed by atoms with Gasteiger partial charge in [-0.2, -0.15) is 8.78 Å². The van der Waals surface area contributed by atoms with Gasteiger partial charge in [-0.3, -0.25) is 4.57 Å². The van der Waals surface area contributed by atoms with Crippen molar-refractivity contribution in [2.75, 3.05) is 7.11 Å². The average molecular weight is 297 g/mol. The van der Waals surface area contributed by atoms with Crippen LogP contribution >= 0.6 is 0 Å². The highest BCUT2D eigenvalue weighted by Crippen LogP contribution is 2.30. The molecule has 1 atom stereocenters. The highest BCUT2D eigenvalue weighted by atomic mass is 19.3. The molecule has 0 aliphatic heterocycles. The van der Waals surface area contributed by atoms with Crippen molar-refractivity contribution in [2.45, 2.75) is 26.1 Å². The Morgan fingerprint density at radius 2 is 2.10 bits per heavy atom. The van der Waals surface area contributed by atoms with Crippen LogP contribution < -0.4 is 15.2 Å². The summed E-state index contributed by atoms with van der Waals surface area (Å²) in [5.74, 6) is 1.09. The minimum absolute atomic E-state index is 0.0781. The van der Waals surface area contributed by atoms with E-state index in [0.717, 1.165) is 10.1 Å². The third-order valence-electron chi connectivity index (χ3n) is 3.03. The van der Waals surface area contributed by atoms with E-state index in [2.05, 4.69) is 4.98 Å². The van der Waals surface area contributed by atoms with Crippen LogP contribution in [0.1, 0.15) is 30.9 Å². The van der Waals surface area contributed by atoms with Gasteiger partial charge in [-0.15, -0.1) is 0 Å². The largest absolute Gasteiger partial charge is 0.493 e. The molecule has 0 spiro atoms. The summed E-state index contributed by atoms with van der Waals surface area (Å²) in [6.07, 6.45) is 2.51. The first-order chi connectivity index (χ1) is 10.0. The van der Waals surface area contributed by atoms with Gasteiger partial charge >= 0.3 is 6.55 Å². The summed E-state index contributed by atoms with van der Waals surface area (Å²) in [5, 5.41) is 0. The molecule has 0 fully saturated rings. The fraction of sp³-hybridized carbons (Fsp3) is 0.357. The van der Waals surface area contributed by atoms with Crippen LogP contribution in [0.2, 0.25) is 0 Å². The number of nitrogens with two attached hydrogens (primary N) is 1. The third-order valence-corrected chi connectivity index (χ3v) is 3.03. The summed E-state index contributed by atoms with van der Waals surface area (Å²) in [4.78, 5) is 3.85. The van der Waals surface area contributed by atoms with Crippen LogP contribution in [0.25, 0.3) is 0 Å².